The van der Waals surface area contributed by atoms with Crippen molar-refractivity contribution >= 4 is 35.2 Å². The van der Waals surface area contributed by atoms with Crippen molar-refractivity contribution in [2.45, 2.75) is 18.8 Å². The lowest BCUT2D eigenvalue weighted by molar-refractivity contribution is 0.102. The molecule has 0 unspecified atom stereocenters. The lowest BCUT2D eigenvalue weighted by Gasteiger charge is -2.17. The number of carbonyl (C=O) groups is 2. The van der Waals surface area contributed by atoms with Gasteiger partial charge in [-0.05, 0) is 37.1 Å². The summed E-state index contributed by atoms with van der Waals surface area (Å²) in [6.45, 7) is 1.06. The molecule has 7 nitrogen and oxygen atoms in total. The van der Waals surface area contributed by atoms with Crippen molar-refractivity contribution in [3.63, 3.8) is 0 Å². The summed E-state index contributed by atoms with van der Waals surface area (Å²) < 4.78 is 0. The zero-order valence-corrected chi connectivity index (χ0v) is 14.1. The van der Waals surface area contributed by atoms with Crippen LogP contribution in [0.3, 0.4) is 0 Å². The third-order valence-corrected chi connectivity index (χ3v) is 4.57. The van der Waals surface area contributed by atoms with Crippen molar-refractivity contribution in [3.8, 4) is 0 Å². The van der Waals surface area contributed by atoms with Crippen LogP contribution < -0.4 is 15.5 Å². The maximum atomic E-state index is 12.5. The highest BCUT2D eigenvalue weighted by Crippen LogP contribution is 2.38. The van der Waals surface area contributed by atoms with Crippen molar-refractivity contribution in [3.05, 3.63) is 46.7 Å². The molecule has 1 aromatic carbocycles. The van der Waals surface area contributed by atoms with E-state index in [0.29, 0.717) is 35.3 Å². The summed E-state index contributed by atoms with van der Waals surface area (Å²) in [5.41, 5.74) is 1.85. The van der Waals surface area contributed by atoms with Crippen LogP contribution in [0, 0.1) is 0 Å². The van der Waals surface area contributed by atoms with Crippen LogP contribution in [0.15, 0.2) is 30.5 Å². The molecule has 1 aliphatic heterocycles. The Bertz CT molecular complexity index is 853. The van der Waals surface area contributed by atoms with Gasteiger partial charge in [-0.25, -0.2) is 14.8 Å². The molecule has 128 valence electrons. The molecule has 2 fully saturated rings. The number of halogens is 1. The standard InChI is InChI=1S/C17H16ClN5O2/c18-12-4-3-11(9-14(12)23-8-7-20-17(23)25)15(24)22-16-19-6-5-13(21-16)10-1-2-10/h3-6,9-10H,1-2,7-8H2,(H,20,25)(H,19,21,22,24). The molecule has 0 spiro atoms. The topological polar surface area (TPSA) is 87.2 Å². The summed E-state index contributed by atoms with van der Waals surface area (Å²) in [6, 6.07) is 6.48. The van der Waals surface area contributed by atoms with Crippen molar-refractivity contribution in [2.75, 3.05) is 23.3 Å². The molecule has 2 heterocycles. The number of urea groups is 1. The summed E-state index contributed by atoms with van der Waals surface area (Å²) in [5.74, 6) is 0.421. The average Bonchev–Trinajstić information content (AvgIpc) is 3.38. The van der Waals surface area contributed by atoms with E-state index >= 15 is 0 Å². The largest absolute Gasteiger partial charge is 0.336 e. The molecule has 8 heteroatoms. The molecular weight excluding hydrogens is 342 g/mol. The molecule has 2 N–H and O–H groups in total. The lowest BCUT2D eigenvalue weighted by atomic mass is 10.1. The highest BCUT2D eigenvalue weighted by molar-refractivity contribution is 6.34. The fourth-order valence-corrected chi connectivity index (χ4v) is 2.99. The van der Waals surface area contributed by atoms with Gasteiger partial charge >= 0.3 is 6.03 Å². The number of anilines is 2. The normalized spacial score (nSPS) is 16.7. The Hall–Kier alpha value is -2.67. The number of hydrogen-bond acceptors (Lipinski definition) is 4. The van der Waals surface area contributed by atoms with Gasteiger partial charge in [0, 0.05) is 36.5 Å². The number of nitrogens with one attached hydrogen (secondary N) is 2. The Labute approximate surface area is 149 Å². The van der Waals surface area contributed by atoms with Gasteiger partial charge in [0.05, 0.1) is 10.7 Å². The van der Waals surface area contributed by atoms with Crippen molar-refractivity contribution in [1.29, 1.82) is 0 Å². The Balaban J connectivity index is 1.55. The minimum Gasteiger partial charge on any atom is -0.336 e. The van der Waals surface area contributed by atoms with Crippen LogP contribution in [0.1, 0.15) is 34.8 Å². The van der Waals surface area contributed by atoms with E-state index in [2.05, 4.69) is 20.6 Å². The highest BCUT2D eigenvalue weighted by Gasteiger charge is 2.26. The van der Waals surface area contributed by atoms with Crippen LogP contribution in [-0.4, -0.2) is 35.0 Å². The van der Waals surface area contributed by atoms with Gasteiger partial charge in [0.25, 0.3) is 5.91 Å². The number of rotatable bonds is 4. The number of hydrogen-bond donors (Lipinski definition) is 2. The molecule has 0 bridgehead atoms. The monoisotopic (exact) mass is 357 g/mol. The van der Waals surface area contributed by atoms with Crippen molar-refractivity contribution in [2.24, 2.45) is 0 Å². The van der Waals surface area contributed by atoms with E-state index in [0.717, 1.165) is 18.5 Å². The molecular formula is C17H16ClN5O2. The molecule has 1 saturated heterocycles. The number of nitrogens with zero attached hydrogens (tertiary/aromatic N) is 3. The second-order valence-corrected chi connectivity index (χ2v) is 6.49. The Morgan fingerprint density at radius 3 is 2.88 bits per heavy atom. The van der Waals surface area contributed by atoms with Crippen molar-refractivity contribution in [1.82, 2.24) is 15.3 Å². The van der Waals surface area contributed by atoms with Crippen LogP contribution in [0.2, 0.25) is 5.02 Å². The number of benzene rings is 1. The fourth-order valence-electron chi connectivity index (χ4n) is 2.78. The molecule has 2 aromatic rings. The maximum Gasteiger partial charge on any atom is 0.322 e. The van der Waals surface area contributed by atoms with E-state index < -0.39 is 0 Å². The Morgan fingerprint density at radius 2 is 2.16 bits per heavy atom. The molecule has 0 atom stereocenters. The number of aromatic nitrogens is 2. The quantitative estimate of drug-likeness (QED) is 0.880. The average molecular weight is 358 g/mol. The van der Waals surface area contributed by atoms with E-state index in [9.17, 15) is 9.59 Å². The van der Waals surface area contributed by atoms with E-state index in [1.54, 1.807) is 24.4 Å². The first kappa shape index (κ1) is 15.8. The minimum absolute atomic E-state index is 0.222. The van der Waals surface area contributed by atoms with Gasteiger partial charge in [-0.3, -0.25) is 15.0 Å². The fraction of sp³-hybridized carbons (Fsp3) is 0.294. The molecule has 4 rings (SSSR count). The molecule has 1 aliphatic carbocycles. The molecule has 1 aromatic heterocycles. The first-order chi connectivity index (χ1) is 12.1. The lowest BCUT2D eigenvalue weighted by Crippen LogP contribution is -2.28. The van der Waals surface area contributed by atoms with Crippen LogP contribution >= 0.6 is 11.6 Å². The summed E-state index contributed by atoms with van der Waals surface area (Å²) in [4.78, 5) is 34.4. The number of carbonyl (C=O) groups excluding carboxylic acids is 2. The molecule has 0 radical (unpaired) electrons. The van der Waals surface area contributed by atoms with Gasteiger partial charge in [0.1, 0.15) is 0 Å². The van der Waals surface area contributed by atoms with Crippen molar-refractivity contribution < 1.29 is 9.59 Å². The van der Waals surface area contributed by atoms with Crippen LogP contribution in [0.25, 0.3) is 0 Å². The molecule has 2 aliphatic rings. The zero-order chi connectivity index (χ0) is 17.4. The highest BCUT2D eigenvalue weighted by atomic mass is 35.5. The van der Waals surface area contributed by atoms with E-state index in [1.807, 2.05) is 6.07 Å². The van der Waals surface area contributed by atoms with Gasteiger partial charge in [-0.1, -0.05) is 11.6 Å². The van der Waals surface area contributed by atoms with E-state index in [1.165, 1.54) is 4.90 Å². The minimum atomic E-state index is -0.342. The van der Waals surface area contributed by atoms with E-state index in [4.69, 9.17) is 11.6 Å². The van der Waals surface area contributed by atoms with E-state index in [-0.39, 0.29) is 17.9 Å². The van der Waals surface area contributed by atoms with Gasteiger partial charge in [0.2, 0.25) is 5.95 Å². The smallest absolute Gasteiger partial charge is 0.322 e. The predicted molar refractivity (Wildman–Crippen MR) is 94.2 cm³/mol. The van der Waals surface area contributed by atoms with Gasteiger partial charge in [-0.2, -0.15) is 0 Å². The van der Waals surface area contributed by atoms with Gasteiger partial charge in [0.15, 0.2) is 0 Å². The first-order valence-electron chi connectivity index (χ1n) is 8.11. The SMILES string of the molecule is O=C(Nc1nccc(C2CC2)n1)c1ccc(Cl)c(N2CCNC2=O)c1. The first-order valence-corrected chi connectivity index (χ1v) is 8.49. The predicted octanol–water partition coefficient (Wildman–Crippen LogP) is 2.79. The molecule has 3 amide bonds. The number of amides is 3. The van der Waals surface area contributed by atoms with Gasteiger partial charge < -0.3 is 5.32 Å². The zero-order valence-electron chi connectivity index (χ0n) is 13.3. The molecule has 1 saturated carbocycles. The summed E-state index contributed by atoms with van der Waals surface area (Å²) in [5, 5.41) is 5.84. The van der Waals surface area contributed by atoms with Crippen LogP contribution in [-0.2, 0) is 0 Å². The summed E-state index contributed by atoms with van der Waals surface area (Å²) in [6.07, 6.45) is 3.91. The van der Waals surface area contributed by atoms with Crippen LogP contribution in [0.4, 0.5) is 16.4 Å². The summed E-state index contributed by atoms with van der Waals surface area (Å²) in [7, 11) is 0. The Morgan fingerprint density at radius 1 is 1.32 bits per heavy atom. The maximum absolute atomic E-state index is 12.5. The summed E-state index contributed by atoms with van der Waals surface area (Å²) >= 11 is 6.19. The van der Waals surface area contributed by atoms with Crippen LogP contribution in [0.5, 0.6) is 0 Å². The van der Waals surface area contributed by atoms with Gasteiger partial charge in [-0.15, -0.1) is 0 Å². The third-order valence-electron chi connectivity index (χ3n) is 4.25. The third kappa shape index (κ3) is 3.28. The second kappa shape index (κ2) is 6.33. The molecule has 25 heavy (non-hydrogen) atoms. The Kier molecular flexibility index (Phi) is 4.01. The second-order valence-electron chi connectivity index (χ2n) is 6.08.